The van der Waals surface area contributed by atoms with Gasteiger partial charge in [0.25, 0.3) is 0 Å². The molecule has 2 atom stereocenters. The van der Waals surface area contributed by atoms with E-state index < -0.39 is 5.41 Å². The van der Waals surface area contributed by atoms with E-state index in [9.17, 15) is 9.90 Å². The van der Waals surface area contributed by atoms with Crippen molar-refractivity contribution in [3.8, 4) is 0 Å². The number of aliphatic hydroxyl groups is 1. The molecule has 0 spiro atoms. The molecule has 3 rings (SSSR count). The summed E-state index contributed by atoms with van der Waals surface area (Å²) in [6, 6.07) is 19.9. The molecular formula is C20H23NO2. The van der Waals surface area contributed by atoms with Gasteiger partial charge in [-0.05, 0) is 24.5 Å². The predicted molar refractivity (Wildman–Crippen MR) is 90.8 cm³/mol. The highest BCUT2D eigenvalue weighted by atomic mass is 16.3. The summed E-state index contributed by atoms with van der Waals surface area (Å²) in [4.78, 5) is 15.1. The molecule has 2 aromatic rings. The zero-order valence-electron chi connectivity index (χ0n) is 13.5. The molecule has 0 heterocycles. The van der Waals surface area contributed by atoms with Gasteiger partial charge in [0.15, 0.2) is 0 Å². The number of rotatable bonds is 6. The van der Waals surface area contributed by atoms with Crippen molar-refractivity contribution in [2.75, 3.05) is 13.2 Å². The van der Waals surface area contributed by atoms with Crippen molar-refractivity contribution in [3.05, 3.63) is 71.8 Å². The summed E-state index contributed by atoms with van der Waals surface area (Å²) in [5.41, 5.74) is 1.61. The highest BCUT2D eigenvalue weighted by Gasteiger charge is 2.61. The van der Waals surface area contributed by atoms with Crippen LogP contribution in [0.3, 0.4) is 0 Å². The zero-order valence-corrected chi connectivity index (χ0v) is 13.5. The van der Waals surface area contributed by atoms with Crippen molar-refractivity contribution in [1.29, 1.82) is 0 Å². The van der Waals surface area contributed by atoms with Gasteiger partial charge in [-0.1, -0.05) is 60.7 Å². The molecule has 1 aliphatic carbocycles. The first-order valence-corrected chi connectivity index (χ1v) is 8.22. The molecule has 1 saturated carbocycles. The Hall–Kier alpha value is -2.13. The minimum atomic E-state index is -0.541. The van der Waals surface area contributed by atoms with Crippen molar-refractivity contribution in [2.24, 2.45) is 5.92 Å². The molecule has 0 aliphatic heterocycles. The summed E-state index contributed by atoms with van der Waals surface area (Å²) in [6.45, 7) is 3.35. The topological polar surface area (TPSA) is 40.5 Å². The first kappa shape index (κ1) is 15.8. The van der Waals surface area contributed by atoms with Gasteiger partial charge in [-0.15, -0.1) is 0 Å². The van der Waals surface area contributed by atoms with E-state index in [0.717, 1.165) is 17.5 Å². The van der Waals surface area contributed by atoms with Crippen LogP contribution in [0.5, 0.6) is 0 Å². The molecule has 1 N–H and O–H groups in total. The van der Waals surface area contributed by atoms with Crippen molar-refractivity contribution >= 4 is 5.91 Å². The molecule has 0 unspecified atom stereocenters. The largest absolute Gasteiger partial charge is 0.396 e. The number of likely N-dealkylation sites (N-methyl/N-ethyl adjacent to an activating group) is 1. The summed E-state index contributed by atoms with van der Waals surface area (Å²) in [5, 5.41) is 9.63. The Labute approximate surface area is 137 Å². The fourth-order valence-electron chi connectivity index (χ4n) is 3.44. The number of carbonyl (C=O) groups is 1. The fourth-order valence-corrected chi connectivity index (χ4v) is 3.44. The minimum Gasteiger partial charge on any atom is -0.396 e. The lowest BCUT2D eigenvalue weighted by molar-refractivity contribution is -0.135. The average Bonchev–Trinajstić information content (AvgIpc) is 3.36. The van der Waals surface area contributed by atoms with Crippen molar-refractivity contribution < 1.29 is 9.90 Å². The third-order valence-electron chi connectivity index (χ3n) is 4.88. The number of aliphatic hydroxyl groups excluding tert-OH is 1. The van der Waals surface area contributed by atoms with Gasteiger partial charge in [0.05, 0.1) is 5.41 Å². The minimum absolute atomic E-state index is 0.0298. The molecule has 2 aromatic carbocycles. The lowest BCUT2D eigenvalue weighted by atomic mass is 9.91. The van der Waals surface area contributed by atoms with E-state index >= 15 is 0 Å². The lowest BCUT2D eigenvalue weighted by Crippen LogP contribution is -2.40. The molecule has 3 nitrogen and oxygen atoms in total. The molecule has 0 radical (unpaired) electrons. The molecule has 1 aliphatic rings. The van der Waals surface area contributed by atoms with Crippen LogP contribution in [-0.2, 0) is 16.8 Å². The molecule has 23 heavy (non-hydrogen) atoms. The smallest absolute Gasteiger partial charge is 0.233 e. The second-order valence-corrected chi connectivity index (χ2v) is 6.23. The van der Waals surface area contributed by atoms with E-state index in [1.54, 1.807) is 0 Å². The van der Waals surface area contributed by atoms with Crippen LogP contribution in [0.25, 0.3) is 0 Å². The van der Waals surface area contributed by atoms with Crippen LogP contribution in [0.4, 0.5) is 0 Å². The Morgan fingerprint density at radius 1 is 1.13 bits per heavy atom. The molecular weight excluding hydrogens is 286 g/mol. The lowest BCUT2D eigenvalue weighted by Gasteiger charge is -2.27. The van der Waals surface area contributed by atoms with Crippen molar-refractivity contribution in [2.45, 2.75) is 25.3 Å². The molecule has 3 heteroatoms. The van der Waals surface area contributed by atoms with Crippen molar-refractivity contribution in [3.63, 3.8) is 0 Å². The van der Waals surface area contributed by atoms with E-state index in [0.29, 0.717) is 13.1 Å². The van der Waals surface area contributed by atoms with Gasteiger partial charge in [-0.2, -0.15) is 0 Å². The zero-order chi connectivity index (χ0) is 16.3. The van der Waals surface area contributed by atoms with Crippen LogP contribution >= 0.6 is 0 Å². The first-order chi connectivity index (χ1) is 11.2. The van der Waals surface area contributed by atoms with E-state index in [4.69, 9.17) is 0 Å². The number of amides is 1. The number of hydrogen-bond donors (Lipinski definition) is 1. The standard InChI is InChI=1S/C20H23NO2/c1-2-21(14-16-9-5-3-6-10-16)19(23)20(13-18(20)15-22)17-11-7-4-8-12-17/h3-12,18,22H,2,13-15H2,1H3/t18-,20+/m1/s1. The molecule has 0 bridgehead atoms. The van der Waals surface area contributed by atoms with E-state index in [1.807, 2.05) is 72.5 Å². The maximum Gasteiger partial charge on any atom is 0.233 e. The fraction of sp³-hybridized carbons (Fsp3) is 0.350. The Morgan fingerprint density at radius 3 is 2.26 bits per heavy atom. The van der Waals surface area contributed by atoms with Crippen LogP contribution in [0, 0.1) is 5.92 Å². The van der Waals surface area contributed by atoms with Gasteiger partial charge in [-0.3, -0.25) is 4.79 Å². The average molecular weight is 309 g/mol. The van der Waals surface area contributed by atoms with Gasteiger partial charge in [0, 0.05) is 25.6 Å². The molecule has 120 valence electrons. The van der Waals surface area contributed by atoms with Gasteiger partial charge < -0.3 is 10.0 Å². The second-order valence-electron chi connectivity index (χ2n) is 6.23. The molecule has 1 amide bonds. The van der Waals surface area contributed by atoms with Crippen LogP contribution in [-0.4, -0.2) is 29.1 Å². The van der Waals surface area contributed by atoms with Crippen LogP contribution in [0.2, 0.25) is 0 Å². The maximum atomic E-state index is 13.2. The van der Waals surface area contributed by atoms with Crippen molar-refractivity contribution in [1.82, 2.24) is 4.90 Å². The van der Waals surface area contributed by atoms with Crippen LogP contribution < -0.4 is 0 Å². The summed E-state index contributed by atoms with van der Waals surface area (Å²) in [5.74, 6) is 0.163. The van der Waals surface area contributed by atoms with E-state index in [1.165, 1.54) is 0 Å². The number of carbonyl (C=O) groups excluding carboxylic acids is 1. The first-order valence-electron chi connectivity index (χ1n) is 8.22. The van der Waals surface area contributed by atoms with Gasteiger partial charge in [0.2, 0.25) is 5.91 Å². The second kappa shape index (κ2) is 6.55. The Kier molecular flexibility index (Phi) is 4.49. The van der Waals surface area contributed by atoms with Crippen LogP contribution in [0.15, 0.2) is 60.7 Å². The molecule has 1 fully saturated rings. The molecule has 0 saturated heterocycles. The van der Waals surface area contributed by atoms with E-state index in [2.05, 4.69) is 0 Å². The summed E-state index contributed by atoms with van der Waals surface area (Å²) in [7, 11) is 0. The normalized spacial score (nSPS) is 22.6. The third kappa shape index (κ3) is 2.89. The van der Waals surface area contributed by atoms with Gasteiger partial charge >= 0.3 is 0 Å². The summed E-state index contributed by atoms with van der Waals surface area (Å²) < 4.78 is 0. The summed E-state index contributed by atoms with van der Waals surface area (Å²) in [6.07, 6.45) is 0.734. The monoisotopic (exact) mass is 309 g/mol. The predicted octanol–water partition coefficient (Wildman–Crippen LogP) is 2.99. The summed E-state index contributed by atoms with van der Waals surface area (Å²) >= 11 is 0. The number of hydrogen-bond acceptors (Lipinski definition) is 2. The van der Waals surface area contributed by atoms with Crippen LogP contribution in [0.1, 0.15) is 24.5 Å². The Bertz CT molecular complexity index is 656. The highest BCUT2D eigenvalue weighted by Crippen LogP contribution is 2.55. The number of benzene rings is 2. The third-order valence-corrected chi connectivity index (χ3v) is 4.88. The van der Waals surface area contributed by atoms with Gasteiger partial charge in [-0.25, -0.2) is 0 Å². The SMILES string of the molecule is CCN(Cc1ccccc1)C(=O)[C@]1(c2ccccc2)C[C@@H]1CO. The number of nitrogens with zero attached hydrogens (tertiary/aromatic N) is 1. The van der Waals surface area contributed by atoms with Gasteiger partial charge in [0.1, 0.15) is 0 Å². The molecule has 0 aromatic heterocycles. The Morgan fingerprint density at radius 2 is 1.74 bits per heavy atom. The Balaban J connectivity index is 1.86. The maximum absolute atomic E-state index is 13.2. The highest BCUT2D eigenvalue weighted by molar-refractivity contribution is 5.92. The van der Waals surface area contributed by atoms with E-state index in [-0.39, 0.29) is 18.4 Å². The quantitative estimate of drug-likeness (QED) is 0.891.